The van der Waals surface area contributed by atoms with Crippen LogP contribution < -0.4 is 5.32 Å². The molecule has 0 atom stereocenters. The van der Waals surface area contributed by atoms with Gasteiger partial charge in [0.2, 0.25) is 17.5 Å². The lowest BCUT2D eigenvalue weighted by atomic mass is 10.1. The van der Waals surface area contributed by atoms with Gasteiger partial charge in [-0.15, -0.1) is 16.4 Å². The molecule has 8 heteroatoms. The first-order chi connectivity index (χ1) is 14.1. The number of anilines is 1. The van der Waals surface area contributed by atoms with Crippen LogP contribution in [-0.4, -0.2) is 20.5 Å². The lowest BCUT2D eigenvalue weighted by molar-refractivity contribution is -0.115. The molecule has 0 radical (unpaired) electrons. The smallest absolute Gasteiger partial charge is 0.246 e. The summed E-state index contributed by atoms with van der Waals surface area (Å²) < 4.78 is 8.48. The number of imidazole rings is 1. The van der Waals surface area contributed by atoms with Gasteiger partial charge in [-0.05, 0) is 65.7 Å². The van der Waals surface area contributed by atoms with Crippen LogP contribution in [-0.2, 0) is 11.2 Å². The van der Waals surface area contributed by atoms with Crippen LogP contribution in [0.1, 0.15) is 11.4 Å². The largest absolute Gasteiger partial charge is 0.417 e. The lowest BCUT2D eigenvalue weighted by Crippen LogP contribution is -2.14. The Hall–Kier alpha value is -3.16. The van der Waals surface area contributed by atoms with E-state index in [0.717, 1.165) is 27.0 Å². The molecule has 3 heterocycles. The summed E-state index contributed by atoms with van der Waals surface area (Å²) in [5.41, 5.74) is 3.11. The highest BCUT2D eigenvalue weighted by atomic mass is 35.5. The zero-order valence-electron chi connectivity index (χ0n) is 15.3. The van der Waals surface area contributed by atoms with Crippen LogP contribution >= 0.6 is 22.9 Å². The number of hydrogen-bond acceptors (Lipinski definition) is 5. The fourth-order valence-corrected chi connectivity index (χ4v) is 4.32. The lowest BCUT2D eigenvalue weighted by Gasteiger charge is -2.05. The maximum Gasteiger partial charge on any atom is 0.246 e. The summed E-state index contributed by atoms with van der Waals surface area (Å²) in [6.07, 6.45) is 1.93. The molecule has 0 unspecified atom stereocenters. The van der Waals surface area contributed by atoms with E-state index in [0.29, 0.717) is 28.7 Å². The third kappa shape index (κ3) is 3.39. The van der Waals surface area contributed by atoms with Gasteiger partial charge in [-0.1, -0.05) is 11.6 Å². The Morgan fingerprint density at radius 2 is 2.07 bits per heavy atom. The molecule has 0 saturated carbocycles. The van der Waals surface area contributed by atoms with Gasteiger partial charge in [-0.25, -0.2) is 4.98 Å². The average Bonchev–Trinajstić information content (AvgIpc) is 3.39. The molecule has 6 nitrogen and oxygen atoms in total. The number of amides is 1. The van der Waals surface area contributed by atoms with Crippen LogP contribution in [0.25, 0.3) is 27.3 Å². The quantitative estimate of drug-likeness (QED) is 0.424. The summed E-state index contributed by atoms with van der Waals surface area (Å²) in [5.74, 6) is 1.19. The van der Waals surface area contributed by atoms with Gasteiger partial charge in [0.05, 0.1) is 12.6 Å². The van der Waals surface area contributed by atoms with E-state index in [4.69, 9.17) is 16.0 Å². The minimum Gasteiger partial charge on any atom is -0.417 e. The SMILES string of the molecule is Cc1ncc2oc(-c3ccc(NC(=O)Cc4csc5ccc(Cl)cc45)cc3)nn12. The van der Waals surface area contributed by atoms with Crippen molar-refractivity contribution in [3.63, 3.8) is 0 Å². The summed E-state index contributed by atoms with van der Waals surface area (Å²) in [6.45, 7) is 1.86. The Labute approximate surface area is 174 Å². The minimum absolute atomic E-state index is 0.0792. The van der Waals surface area contributed by atoms with Gasteiger partial charge in [0, 0.05) is 21.0 Å². The van der Waals surface area contributed by atoms with Gasteiger partial charge in [-0.3, -0.25) is 4.79 Å². The monoisotopic (exact) mass is 422 g/mol. The Morgan fingerprint density at radius 3 is 2.86 bits per heavy atom. The summed E-state index contributed by atoms with van der Waals surface area (Å²) in [4.78, 5) is 16.6. The number of benzene rings is 2. The summed E-state index contributed by atoms with van der Waals surface area (Å²) in [6, 6.07) is 13.1. The van der Waals surface area contributed by atoms with E-state index in [1.165, 1.54) is 0 Å². The van der Waals surface area contributed by atoms with Crippen LogP contribution in [0, 0.1) is 6.92 Å². The number of aryl methyl sites for hydroxylation is 1. The zero-order chi connectivity index (χ0) is 20.0. The van der Waals surface area contributed by atoms with Gasteiger partial charge < -0.3 is 9.73 Å². The number of nitrogens with zero attached hydrogens (tertiary/aromatic N) is 3. The van der Waals surface area contributed by atoms with Gasteiger partial charge in [0.15, 0.2) is 0 Å². The molecule has 0 fully saturated rings. The number of carbonyl (C=O) groups is 1. The molecule has 2 aromatic carbocycles. The Balaban J connectivity index is 1.31. The standard InChI is InChI=1S/C21H15ClN4O2S/c1-12-23-10-20-26(12)25-21(28-20)13-2-5-16(6-3-13)24-19(27)8-14-11-29-18-7-4-15(22)9-17(14)18/h2-7,9-11H,8H2,1H3,(H,24,27). The zero-order valence-corrected chi connectivity index (χ0v) is 16.9. The molecule has 0 bridgehead atoms. The van der Waals surface area contributed by atoms with Crippen molar-refractivity contribution in [2.75, 3.05) is 5.32 Å². The second kappa shape index (κ2) is 7.02. The second-order valence-corrected chi connectivity index (χ2v) is 8.01. The number of nitrogens with one attached hydrogen (secondary N) is 1. The molecule has 144 valence electrons. The van der Waals surface area contributed by atoms with Crippen molar-refractivity contribution < 1.29 is 9.21 Å². The molecule has 5 rings (SSSR count). The van der Waals surface area contributed by atoms with Crippen LogP contribution in [0.2, 0.25) is 5.02 Å². The molecule has 0 spiro atoms. The number of thiophene rings is 1. The van der Waals surface area contributed by atoms with E-state index < -0.39 is 0 Å². The summed E-state index contributed by atoms with van der Waals surface area (Å²) in [5, 5.41) is 11.0. The minimum atomic E-state index is -0.0792. The van der Waals surface area contributed by atoms with Crippen LogP contribution in [0.5, 0.6) is 0 Å². The highest BCUT2D eigenvalue weighted by Gasteiger charge is 2.12. The van der Waals surface area contributed by atoms with E-state index in [9.17, 15) is 4.79 Å². The van der Waals surface area contributed by atoms with Crippen molar-refractivity contribution in [1.29, 1.82) is 0 Å². The molecule has 1 N–H and O–H groups in total. The van der Waals surface area contributed by atoms with Crippen LogP contribution in [0.4, 0.5) is 5.69 Å². The highest BCUT2D eigenvalue weighted by Crippen LogP contribution is 2.29. The topological polar surface area (TPSA) is 72.4 Å². The van der Waals surface area contributed by atoms with Crippen molar-refractivity contribution in [3.05, 3.63) is 70.5 Å². The van der Waals surface area contributed by atoms with Gasteiger partial charge in [0.25, 0.3) is 0 Å². The number of fused-ring (bicyclic) bond motifs is 2. The fourth-order valence-electron chi connectivity index (χ4n) is 3.20. The van der Waals surface area contributed by atoms with E-state index >= 15 is 0 Å². The molecule has 29 heavy (non-hydrogen) atoms. The maximum absolute atomic E-state index is 12.5. The number of carbonyl (C=O) groups excluding carboxylic acids is 1. The number of rotatable bonds is 4. The molecule has 1 amide bonds. The number of aromatic nitrogens is 3. The van der Waals surface area contributed by atoms with Crippen molar-refractivity contribution >= 4 is 50.3 Å². The van der Waals surface area contributed by atoms with E-state index in [-0.39, 0.29) is 5.91 Å². The van der Waals surface area contributed by atoms with Gasteiger partial charge >= 0.3 is 0 Å². The van der Waals surface area contributed by atoms with Crippen LogP contribution in [0.15, 0.2) is 58.5 Å². The van der Waals surface area contributed by atoms with E-state index in [2.05, 4.69) is 15.4 Å². The fraction of sp³-hybridized carbons (Fsp3) is 0.0952. The number of halogens is 1. The van der Waals surface area contributed by atoms with Crippen molar-refractivity contribution in [1.82, 2.24) is 14.6 Å². The van der Waals surface area contributed by atoms with Crippen molar-refractivity contribution in [2.45, 2.75) is 13.3 Å². The molecular weight excluding hydrogens is 408 g/mol. The molecule has 0 aliphatic heterocycles. The van der Waals surface area contributed by atoms with E-state index in [1.54, 1.807) is 22.0 Å². The molecule has 0 aliphatic rings. The number of hydrogen-bond donors (Lipinski definition) is 1. The Morgan fingerprint density at radius 1 is 1.24 bits per heavy atom. The average molecular weight is 423 g/mol. The second-order valence-electron chi connectivity index (χ2n) is 6.67. The van der Waals surface area contributed by atoms with Gasteiger partial charge in [0.1, 0.15) is 5.82 Å². The maximum atomic E-state index is 12.5. The molecule has 5 aromatic rings. The Bertz CT molecular complexity index is 1350. The highest BCUT2D eigenvalue weighted by molar-refractivity contribution is 7.17. The summed E-state index contributed by atoms with van der Waals surface area (Å²) >= 11 is 7.70. The van der Waals surface area contributed by atoms with Crippen molar-refractivity contribution in [3.8, 4) is 11.5 Å². The Kier molecular flexibility index (Phi) is 4.34. The van der Waals surface area contributed by atoms with Gasteiger partial charge in [-0.2, -0.15) is 4.52 Å². The first kappa shape index (κ1) is 17.9. The van der Waals surface area contributed by atoms with Crippen molar-refractivity contribution in [2.24, 2.45) is 0 Å². The first-order valence-electron chi connectivity index (χ1n) is 8.94. The van der Waals surface area contributed by atoms with E-state index in [1.807, 2.05) is 54.8 Å². The molecule has 0 aliphatic carbocycles. The third-order valence-electron chi connectivity index (χ3n) is 4.65. The predicted molar refractivity (Wildman–Crippen MR) is 115 cm³/mol. The molecule has 3 aromatic heterocycles. The first-order valence-corrected chi connectivity index (χ1v) is 10.2. The van der Waals surface area contributed by atoms with Crippen LogP contribution in [0.3, 0.4) is 0 Å². The normalized spacial score (nSPS) is 11.4. The molecular formula is C21H15ClN4O2S. The molecule has 0 saturated heterocycles. The summed E-state index contributed by atoms with van der Waals surface area (Å²) in [7, 11) is 0. The predicted octanol–water partition coefficient (Wildman–Crippen LogP) is 5.35. The third-order valence-corrected chi connectivity index (χ3v) is 5.90.